The summed E-state index contributed by atoms with van der Waals surface area (Å²) in [6.45, 7) is 5.72. The van der Waals surface area contributed by atoms with Gasteiger partial charge in [0.2, 0.25) is 0 Å². The number of aromatic nitrogens is 4. The minimum atomic E-state index is -1.59. The zero-order chi connectivity index (χ0) is 45.8. The van der Waals surface area contributed by atoms with Gasteiger partial charge in [0.1, 0.15) is 23.1 Å². The van der Waals surface area contributed by atoms with Gasteiger partial charge in [-0.1, -0.05) is 60.7 Å². The number of carbonyl (C=O) groups is 2. The Balaban J connectivity index is 0.000000202. The number of hydrogen-bond donors (Lipinski definition) is 4. The third kappa shape index (κ3) is 12.6. The third-order valence-corrected chi connectivity index (χ3v) is 10.6. The first-order valence-corrected chi connectivity index (χ1v) is 21.1. The first-order chi connectivity index (χ1) is 30.9. The predicted molar refractivity (Wildman–Crippen MR) is 251 cm³/mol. The Morgan fingerprint density at radius 1 is 0.662 bits per heavy atom. The topological polar surface area (TPSA) is 157 Å². The van der Waals surface area contributed by atoms with Gasteiger partial charge in [0.25, 0.3) is 11.8 Å². The molecule has 17 heteroatoms. The van der Waals surface area contributed by atoms with E-state index in [-0.39, 0.29) is 27.8 Å². The van der Waals surface area contributed by atoms with E-state index in [0.29, 0.717) is 54.5 Å². The van der Waals surface area contributed by atoms with Crippen LogP contribution in [0.2, 0.25) is 0 Å². The number of carbonyl (C=O) groups excluding carboxylic acids is 2. The van der Waals surface area contributed by atoms with Crippen molar-refractivity contribution in [1.82, 2.24) is 30.2 Å². The molecule has 336 valence electrons. The van der Waals surface area contributed by atoms with E-state index in [1.807, 2.05) is 62.4 Å². The number of nitrogens with zero attached hydrogens (tertiary/aromatic N) is 4. The second kappa shape index (κ2) is 23.1. The third-order valence-electron chi connectivity index (χ3n) is 9.92. The van der Waals surface area contributed by atoms with Crippen molar-refractivity contribution in [3.63, 3.8) is 0 Å². The number of hydrogen-bond acceptors (Lipinski definition) is 8. The van der Waals surface area contributed by atoms with E-state index in [9.17, 15) is 18.4 Å². The summed E-state index contributed by atoms with van der Waals surface area (Å²) in [5.74, 6) is 0.261. The number of ether oxygens (including phenoxy) is 2. The molecular formula is C48H47BBrF3N6O6. The van der Waals surface area contributed by atoms with Crippen molar-refractivity contribution in [3.05, 3.63) is 172 Å². The molecule has 0 unspecified atom stereocenters. The Hall–Kier alpha value is -6.95. The number of fused-ring (bicyclic) bond motifs is 2. The molecule has 0 aliphatic rings. The highest BCUT2D eigenvalue weighted by Crippen LogP contribution is 2.32. The van der Waals surface area contributed by atoms with Crippen molar-refractivity contribution >= 4 is 62.1 Å². The van der Waals surface area contributed by atoms with Crippen LogP contribution in [0.25, 0.3) is 32.9 Å². The molecule has 65 heavy (non-hydrogen) atoms. The van der Waals surface area contributed by atoms with Crippen LogP contribution in [-0.2, 0) is 13.1 Å². The summed E-state index contributed by atoms with van der Waals surface area (Å²) in [5, 5.41) is 33.2. The normalized spacial score (nSPS) is 10.5. The number of amides is 2. The summed E-state index contributed by atoms with van der Waals surface area (Å²) >= 11 is 3.43. The first kappa shape index (κ1) is 49.1. The van der Waals surface area contributed by atoms with Gasteiger partial charge >= 0.3 is 7.12 Å². The average molecular weight is 952 g/mol. The number of halogens is 4. The minimum absolute atomic E-state index is 0. The average Bonchev–Trinajstić information content (AvgIpc) is 3.99. The highest BCUT2D eigenvalue weighted by atomic mass is 79.9. The number of aromatic amines is 2. The van der Waals surface area contributed by atoms with Gasteiger partial charge in [-0.3, -0.25) is 24.5 Å². The predicted octanol–water partition coefficient (Wildman–Crippen LogP) is 8.69. The SMILES string of the molecule is CCOc1cc(C(=O)N(C)Cc2cccc3cn[nH]c23)ccc1-c1cccc(F)c1.CCOc1cc(C(=O)N(C)Cc2cccc3cn[nH]c23)ccc1Br.F.OB(O)c1cccc(F)c1. The van der Waals surface area contributed by atoms with Crippen molar-refractivity contribution in [3.8, 4) is 22.6 Å². The van der Waals surface area contributed by atoms with Crippen LogP contribution in [0.3, 0.4) is 0 Å². The summed E-state index contributed by atoms with van der Waals surface area (Å²) < 4.78 is 38.1. The first-order valence-electron chi connectivity index (χ1n) is 20.3. The molecule has 8 rings (SSSR count). The lowest BCUT2D eigenvalue weighted by Crippen LogP contribution is -2.29. The second-order valence-electron chi connectivity index (χ2n) is 14.5. The summed E-state index contributed by atoms with van der Waals surface area (Å²) in [6.07, 6.45) is 3.55. The van der Waals surface area contributed by atoms with Crippen molar-refractivity contribution in [2.45, 2.75) is 26.9 Å². The van der Waals surface area contributed by atoms with E-state index in [2.05, 4.69) is 36.3 Å². The highest BCUT2D eigenvalue weighted by Gasteiger charge is 2.19. The number of para-hydroxylation sites is 2. The van der Waals surface area contributed by atoms with Gasteiger partial charge in [0.15, 0.2) is 0 Å². The van der Waals surface area contributed by atoms with E-state index >= 15 is 0 Å². The standard InChI is InChI=1S/C24H22FN3O2.C18H18BrN3O2.C6H6BFO2.FH/c1-3-30-22-13-17(10-11-21(22)16-6-5-9-20(25)12-16)24(29)28(2)15-19-8-4-7-18-14-26-27-23(18)19;1-3-24-16-9-12(7-8-15(16)19)18(23)22(2)11-14-6-4-5-13-10-20-21-17(13)14;8-6-3-1-2-5(4-6)7(9)10;/h4-14H,3,15H2,1-2H3,(H,26,27);4-10H,3,11H2,1-2H3,(H,20,21);1-4,9-10H;1H. The second-order valence-corrected chi connectivity index (χ2v) is 15.3. The minimum Gasteiger partial charge on any atom is -0.493 e. The van der Waals surface area contributed by atoms with Crippen LogP contribution in [0.5, 0.6) is 11.5 Å². The number of rotatable bonds is 12. The van der Waals surface area contributed by atoms with Gasteiger partial charge in [0.05, 0.1) is 41.1 Å². The quantitative estimate of drug-likeness (QED) is 0.0887. The molecule has 0 fully saturated rings. The van der Waals surface area contributed by atoms with Crippen LogP contribution in [-0.4, -0.2) is 86.5 Å². The van der Waals surface area contributed by atoms with Crippen LogP contribution < -0.4 is 14.9 Å². The Morgan fingerprint density at radius 2 is 1.15 bits per heavy atom. The lowest BCUT2D eigenvalue weighted by molar-refractivity contribution is 0.0778. The number of benzene rings is 6. The summed E-state index contributed by atoms with van der Waals surface area (Å²) in [7, 11) is 1.97. The Morgan fingerprint density at radius 3 is 1.66 bits per heavy atom. The molecule has 2 aromatic heterocycles. The molecule has 8 aromatic rings. The maximum absolute atomic E-state index is 13.7. The molecule has 0 aliphatic carbocycles. The molecule has 2 heterocycles. The zero-order valence-corrected chi connectivity index (χ0v) is 37.6. The molecule has 0 radical (unpaired) electrons. The molecule has 0 bridgehead atoms. The van der Waals surface area contributed by atoms with E-state index in [1.54, 1.807) is 72.7 Å². The van der Waals surface area contributed by atoms with Gasteiger partial charge in [-0.2, -0.15) is 10.2 Å². The fourth-order valence-corrected chi connectivity index (χ4v) is 7.18. The highest BCUT2D eigenvalue weighted by molar-refractivity contribution is 9.10. The maximum Gasteiger partial charge on any atom is 0.488 e. The van der Waals surface area contributed by atoms with E-state index in [1.165, 1.54) is 30.3 Å². The van der Waals surface area contributed by atoms with Crippen LogP contribution >= 0.6 is 15.9 Å². The van der Waals surface area contributed by atoms with E-state index in [0.717, 1.165) is 49.0 Å². The van der Waals surface area contributed by atoms with Crippen LogP contribution in [0.15, 0.2) is 138 Å². The Kier molecular flexibility index (Phi) is 17.5. The van der Waals surface area contributed by atoms with Gasteiger partial charge in [-0.25, -0.2) is 8.78 Å². The van der Waals surface area contributed by atoms with Gasteiger partial charge in [-0.05, 0) is 113 Å². The molecule has 0 spiro atoms. The smallest absolute Gasteiger partial charge is 0.488 e. The molecule has 2 amide bonds. The number of nitrogens with one attached hydrogen (secondary N) is 2. The zero-order valence-electron chi connectivity index (χ0n) is 36.0. The molecule has 0 saturated carbocycles. The molecule has 0 saturated heterocycles. The van der Waals surface area contributed by atoms with Gasteiger partial charge in [0, 0.05) is 54.6 Å². The van der Waals surface area contributed by atoms with E-state index in [4.69, 9.17) is 19.5 Å². The van der Waals surface area contributed by atoms with Gasteiger partial charge < -0.3 is 29.3 Å². The van der Waals surface area contributed by atoms with Gasteiger partial charge in [-0.15, -0.1) is 0 Å². The van der Waals surface area contributed by atoms with Crippen LogP contribution in [0.1, 0.15) is 45.7 Å². The lowest BCUT2D eigenvalue weighted by Gasteiger charge is -2.19. The summed E-state index contributed by atoms with van der Waals surface area (Å²) in [4.78, 5) is 29.1. The summed E-state index contributed by atoms with van der Waals surface area (Å²) in [6, 6.07) is 34.0. The largest absolute Gasteiger partial charge is 0.493 e. The fraction of sp³-hybridized carbons (Fsp3) is 0.167. The molecule has 0 aliphatic heterocycles. The molecule has 6 aromatic carbocycles. The Bertz CT molecular complexity index is 2860. The van der Waals surface area contributed by atoms with Crippen LogP contribution in [0.4, 0.5) is 13.5 Å². The van der Waals surface area contributed by atoms with Crippen LogP contribution in [0, 0.1) is 11.6 Å². The lowest BCUT2D eigenvalue weighted by atomic mass is 9.80. The fourth-order valence-electron chi connectivity index (χ4n) is 6.81. The molecule has 12 nitrogen and oxygen atoms in total. The molecular weight excluding hydrogens is 904 g/mol. The maximum atomic E-state index is 13.7. The molecule has 0 atom stereocenters. The van der Waals surface area contributed by atoms with Crippen molar-refractivity contribution in [1.29, 1.82) is 0 Å². The van der Waals surface area contributed by atoms with E-state index < -0.39 is 12.9 Å². The molecule has 4 N–H and O–H groups in total. The monoisotopic (exact) mass is 950 g/mol. The van der Waals surface area contributed by atoms with Crippen molar-refractivity contribution in [2.24, 2.45) is 0 Å². The van der Waals surface area contributed by atoms with Crippen molar-refractivity contribution in [2.75, 3.05) is 27.3 Å². The number of H-pyrrole nitrogens is 2. The Labute approximate surface area is 382 Å². The summed E-state index contributed by atoms with van der Waals surface area (Å²) in [5.41, 5.74) is 6.63. The van der Waals surface area contributed by atoms with Crippen molar-refractivity contribution < 1.29 is 42.6 Å².